The van der Waals surface area contributed by atoms with Crippen molar-refractivity contribution in [3.63, 3.8) is 0 Å². The predicted octanol–water partition coefficient (Wildman–Crippen LogP) is 5.82. The van der Waals surface area contributed by atoms with Crippen LogP contribution in [0.25, 0.3) is 22.3 Å². The summed E-state index contributed by atoms with van der Waals surface area (Å²) in [7, 11) is 3.26. The number of methoxy groups -OCH3 is 2. The summed E-state index contributed by atoms with van der Waals surface area (Å²) in [5.74, 6) is 2.75. The van der Waals surface area contributed by atoms with Crippen molar-refractivity contribution in [2.45, 2.75) is 0 Å². The van der Waals surface area contributed by atoms with E-state index in [9.17, 15) is 0 Å². The Kier molecular flexibility index (Phi) is 5.12. The summed E-state index contributed by atoms with van der Waals surface area (Å²) in [4.78, 5) is 9.53. The number of ether oxygens (including phenoxy) is 2. The second kappa shape index (κ2) is 7.86. The van der Waals surface area contributed by atoms with Crippen LogP contribution in [0.1, 0.15) is 0 Å². The number of halogens is 1. The van der Waals surface area contributed by atoms with Crippen molar-refractivity contribution in [1.82, 2.24) is 9.97 Å². The molecule has 0 bridgehead atoms. The molecule has 5 nitrogen and oxygen atoms in total. The van der Waals surface area contributed by atoms with E-state index < -0.39 is 0 Å². The highest BCUT2D eigenvalue weighted by molar-refractivity contribution is 9.10. The zero-order chi connectivity index (χ0) is 19.5. The molecule has 28 heavy (non-hydrogen) atoms. The monoisotopic (exact) mass is 435 g/mol. The summed E-state index contributed by atoms with van der Waals surface area (Å²) < 4.78 is 11.8. The van der Waals surface area contributed by atoms with Crippen LogP contribution in [0.15, 0.2) is 71.2 Å². The molecule has 0 amide bonds. The lowest BCUT2D eigenvalue weighted by Gasteiger charge is -2.14. The van der Waals surface area contributed by atoms with Crippen molar-refractivity contribution in [3.8, 4) is 22.9 Å². The molecule has 4 rings (SSSR count). The third-order valence-corrected chi connectivity index (χ3v) is 4.84. The van der Waals surface area contributed by atoms with E-state index in [1.807, 2.05) is 66.7 Å². The molecule has 0 unspecified atom stereocenters. The van der Waals surface area contributed by atoms with Crippen LogP contribution >= 0.6 is 15.9 Å². The van der Waals surface area contributed by atoms with Gasteiger partial charge in [0, 0.05) is 21.5 Å². The zero-order valence-corrected chi connectivity index (χ0v) is 17.0. The van der Waals surface area contributed by atoms with Crippen LogP contribution in [-0.2, 0) is 0 Å². The van der Waals surface area contributed by atoms with Gasteiger partial charge in [-0.05, 0) is 30.3 Å². The Morgan fingerprint density at radius 1 is 0.857 bits per heavy atom. The van der Waals surface area contributed by atoms with Crippen LogP contribution in [0, 0.1) is 0 Å². The van der Waals surface area contributed by atoms with E-state index in [4.69, 9.17) is 19.4 Å². The molecule has 0 aliphatic heterocycles. The molecule has 4 aromatic rings. The van der Waals surface area contributed by atoms with Gasteiger partial charge in [0.15, 0.2) is 5.82 Å². The molecular weight excluding hydrogens is 418 g/mol. The molecule has 0 aliphatic carbocycles. The number of benzene rings is 3. The van der Waals surface area contributed by atoms with Crippen molar-refractivity contribution in [3.05, 3.63) is 71.2 Å². The van der Waals surface area contributed by atoms with Crippen molar-refractivity contribution >= 4 is 38.3 Å². The molecule has 6 heteroatoms. The fourth-order valence-electron chi connectivity index (χ4n) is 2.94. The van der Waals surface area contributed by atoms with Crippen LogP contribution in [0.4, 0.5) is 11.5 Å². The first kappa shape index (κ1) is 18.3. The number of aromatic nitrogens is 2. The van der Waals surface area contributed by atoms with E-state index >= 15 is 0 Å². The first-order valence-corrected chi connectivity index (χ1v) is 9.49. The second-order valence-corrected chi connectivity index (χ2v) is 7.03. The number of fused-ring (bicyclic) bond motifs is 1. The molecule has 1 aromatic heterocycles. The third-order valence-electron chi connectivity index (χ3n) is 4.35. The smallest absolute Gasteiger partial charge is 0.162 e. The van der Waals surface area contributed by atoms with Crippen molar-refractivity contribution in [2.24, 2.45) is 0 Å². The van der Waals surface area contributed by atoms with Crippen LogP contribution in [0.5, 0.6) is 11.5 Å². The minimum Gasteiger partial charge on any atom is -0.497 e. The number of anilines is 2. The maximum absolute atomic E-state index is 5.52. The summed E-state index contributed by atoms with van der Waals surface area (Å²) >= 11 is 3.54. The van der Waals surface area contributed by atoms with E-state index in [0.717, 1.165) is 32.4 Å². The van der Waals surface area contributed by atoms with E-state index in [1.165, 1.54) is 0 Å². The Morgan fingerprint density at radius 2 is 1.68 bits per heavy atom. The Balaban J connectivity index is 1.86. The molecule has 0 radical (unpaired) electrons. The lowest BCUT2D eigenvalue weighted by Crippen LogP contribution is -2.01. The first-order valence-electron chi connectivity index (χ1n) is 8.69. The number of rotatable bonds is 5. The SMILES string of the molecule is COc1ccc(Nc2nc(-c3ccccc3)nc3ccc(Br)cc23)c(OC)c1. The van der Waals surface area contributed by atoms with Crippen LogP contribution < -0.4 is 14.8 Å². The van der Waals surface area contributed by atoms with Gasteiger partial charge in [0.25, 0.3) is 0 Å². The van der Waals surface area contributed by atoms with Crippen LogP contribution in [0.3, 0.4) is 0 Å². The minimum absolute atomic E-state index is 0.658. The maximum atomic E-state index is 5.52. The Hall–Kier alpha value is -3.12. The quantitative estimate of drug-likeness (QED) is 0.427. The van der Waals surface area contributed by atoms with E-state index in [2.05, 4.69) is 21.2 Å². The van der Waals surface area contributed by atoms with Gasteiger partial charge in [0.05, 0.1) is 25.4 Å². The maximum Gasteiger partial charge on any atom is 0.162 e. The van der Waals surface area contributed by atoms with Crippen molar-refractivity contribution < 1.29 is 9.47 Å². The summed E-state index contributed by atoms with van der Waals surface area (Å²) in [5, 5.41) is 4.31. The van der Waals surface area contributed by atoms with Gasteiger partial charge in [-0.2, -0.15) is 0 Å². The normalized spacial score (nSPS) is 10.7. The number of nitrogens with zero attached hydrogens (tertiary/aromatic N) is 2. The van der Waals surface area contributed by atoms with Gasteiger partial charge in [-0.15, -0.1) is 0 Å². The molecule has 1 N–H and O–H groups in total. The highest BCUT2D eigenvalue weighted by atomic mass is 79.9. The van der Waals surface area contributed by atoms with Crippen LogP contribution in [0.2, 0.25) is 0 Å². The lowest BCUT2D eigenvalue weighted by atomic mass is 10.1. The van der Waals surface area contributed by atoms with Gasteiger partial charge in [-0.25, -0.2) is 9.97 Å². The van der Waals surface area contributed by atoms with Crippen LogP contribution in [-0.4, -0.2) is 24.2 Å². The summed E-state index contributed by atoms with van der Waals surface area (Å²) in [6.07, 6.45) is 0. The topological polar surface area (TPSA) is 56.3 Å². The number of hydrogen-bond donors (Lipinski definition) is 1. The van der Waals surface area contributed by atoms with Gasteiger partial charge >= 0.3 is 0 Å². The van der Waals surface area contributed by atoms with Gasteiger partial charge in [-0.1, -0.05) is 46.3 Å². The molecule has 0 saturated carbocycles. The molecule has 0 fully saturated rings. The number of hydrogen-bond acceptors (Lipinski definition) is 5. The molecular formula is C22H18BrN3O2. The number of nitrogens with one attached hydrogen (secondary N) is 1. The highest BCUT2D eigenvalue weighted by Gasteiger charge is 2.13. The van der Waals surface area contributed by atoms with E-state index in [1.54, 1.807) is 14.2 Å². The van der Waals surface area contributed by atoms with Crippen molar-refractivity contribution in [1.29, 1.82) is 0 Å². The molecule has 0 spiro atoms. The minimum atomic E-state index is 0.658. The fourth-order valence-corrected chi connectivity index (χ4v) is 3.30. The molecule has 0 atom stereocenters. The average molecular weight is 436 g/mol. The van der Waals surface area contributed by atoms with Gasteiger partial charge in [0.1, 0.15) is 17.3 Å². The Morgan fingerprint density at radius 3 is 2.43 bits per heavy atom. The molecule has 0 saturated heterocycles. The van der Waals surface area contributed by atoms with Crippen molar-refractivity contribution in [2.75, 3.05) is 19.5 Å². The molecule has 0 aliphatic rings. The molecule has 3 aromatic carbocycles. The summed E-state index contributed by atoms with van der Waals surface area (Å²) in [6.45, 7) is 0. The van der Waals surface area contributed by atoms with Gasteiger partial charge in [-0.3, -0.25) is 0 Å². The first-order chi connectivity index (χ1) is 13.7. The zero-order valence-electron chi connectivity index (χ0n) is 15.4. The highest BCUT2D eigenvalue weighted by Crippen LogP contribution is 2.34. The summed E-state index contributed by atoms with van der Waals surface area (Å²) in [5.41, 5.74) is 2.60. The van der Waals surface area contributed by atoms with Gasteiger partial charge < -0.3 is 14.8 Å². The fraction of sp³-hybridized carbons (Fsp3) is 0.0909. The molecule has 140 valence electrons. The Bertz CT molecular complexity index is 1130. The van der Waals surface area contributed by atoms with Gasteiger partial charge in [0.2, 0.25) is 0 Å². The lowest BCUT2D eigenvalue weighted by molar-refractivity contribution is 0.395. The Labute approximate surface area is 171 Å². The van der Waals surface area contributed by atoms with E-state index in [0.29, 0.717) is 17.4 Å². The largest absolute Gasteiger partial charge is 0.497 e. The second-order valence-electron chi connectivity index (χ2n) is 6.11. The van der Waals surface area contributed by atoms with E-state index in [-0.39, 0.29) is 0 Å². The predicted molar refractivity (Wildman–Crippen MR) is 116 cm³/mol. The third kappa shape index (κ3) is 3.64. The average Bonchev–Trinajstić information content (AvgIpc) is 2.74. The standard InChI is InChI=1S/C22H18BrN3O2/c1-27-16-9-11-19(20(13-16)28-2)25-22-17-12-15(23)8-10-18(17)24-21(26-22)14-6-4-3-5-7-14/h3-13H,1-2H3,(H,24,25,26). The molecule has 1 heterocycles. The summed E-state index contributed by atoms with van der Waals surface area (Å²) in [6, 6.07) is 21.5.